The molecular formula is C12H22N4. The highest BCUT2D eigenvalue weighted by atomic mass is 15.4. The number of rotatable bonds is 4. The first-order valence-electron chi connectivity index (χ1n) is 6.17. The van der Waals surface area contributed by atoms with Crippen molar-refractivity contribution >= 4 is 0 Å². The molecule has 2 heterocycles. The molecule has 2 rings (SSSR count). The normalized spacial score (nSPS) is 21.4. The van der Waals surface area contributed by atoms with Crippen molar-refractivity contribution in [1.29, 1.82) is 0 Å². The van der Waals surface area contributed by atoms with Crippen molar-refractivity contribution in [2.24, 2.45) is 0 Å². The summed E-state index contributed by atoms with van der Waals surface area (Å²) in [6, 6.07) is 2.63. The molecule has 0 radical (unpaired) electrons. The van der Waals surface area contributed by atoms with Crippen LogP contribution >= 0.6 is 0 Å². The molecule has 0 aliphatic carbocycles. The molecule has 0 N–H and O–H groups in total. The maximum Gasteiger partial charge on any atom is 0.0776 e. The standard InChI is InChI=1S/C12H22N4/c1-4-15(5-2)10-12-9-14(3)8-11-6-7-13-16(11)12/h6-7,12H,4-5,8-10H2,1-3H3/t12-/m0/s1. The lowest BCUT2D eigenvalue weighted by molar-refractivity contribution is 0.160. The first-order valence-corrected chi connectivity index (χ1v) is 6.17. The average Bonchev–Trinajstić information content (AvgIpc) is 2.73. The molecular weight excluding hydrogens is 200 g/mol. The van der Waals surface area contributed by atoms with Crippen LogP contribution in [0.1, 0.15) is 25.6 Å². The molecule has 16 heavy (non-hydrogen) atoms. The second kappa shape index (κ2) is 4.97. The Hall–Kier alpha value is -0.870. The van der Waals surface area contributed by atoms with E-state index < -0.39 is 0 Å². The van der Waals surface area contributed by atoms with E-state index in [2.05, 4.69) is 46.5 Å². The molecule has 90 valence electrons. The van der Waals surface area contributed by atoms with E-state index in [9.17, 15) is 0 Å². The van der Waals surface area contributed by atoms with Crippen LogP contribution in [0.4, 0.5) is 0 Å². The zero-order chi connectivity index (χ0) is 11.5. The van der Waals surface area contributed by atoms with Crippen LogP contribution < -0.4 is 0 Å². The monoisotopic (exact) mass is 222 g/mol. The highest BCUT2D eigenvalue weighted by molar-refractivity contribution is 5.05. The molecule has 4 heteroatoms. The summed E-state index contributed by atoms with van der Waals surface area (Å²) >= 11 is 0. The zero-order valence-electron chi connectivity index (χ0n) is 10.6. The molecule has 0 saturated heterocycles. The Kier molecular flexibility index (Phi) is 3.61. The molecule has 1 aliphatic rings. The van der Waals surface area contributed by atoms with Crippen molar-refractivity contribution in [2.75, 3.05) is 33.2 Å². The fraction of sp³-hybridized carbons (Fsp3) is 0.750. The lowest BCUT2D eigenvalue weighted by atomic mass is 10.2. The zero-order valence-corrected chi connectivity index (χ0v) is 10.6. The largest absolute Gasteiger partial charge is 0.302 e. The summed E-state index contributed by atoms with van der Waals surface area (Å²) in [6.45, 7) is 9.91. The smallest absolute Gasteiger partial charge is 0.0776 e. The van der Waals surface area contributed by atoms with E-state index in [0.717, 1.165) is 32.7 Å². The van der Waals surface area contributed by atoms with E-state index >= 15 is 0 Å². The highest BCUT2D eigenvalue weighted by Gasteiger charge is 2.24. The van der Waals surface area contributed by atoms with Crippen LogP contribution in [-0.4, -0.2) is 52.8 Å². The number of hydrogen-bond acceptors (Lipinski definition) is 3. The summed E-state index contributed by atoms with van der Waals surface area (Å²) in [5.41, 5.74) is 1.34. The first kappa shape index (κ1) is 11.6. The third-order valence-electron chi connectivity index (χ3n) is 3.42. The average molecular weight is 222 g/mol. The van der Waals surface area contributed by atoms with E-state index in [1.165, 1.54) is 5.69 Å². The van der Waals surface area contributed by atoms with Gasteiger partial charge in [-0.25, -0.2) is 0 Å². The molecule has 0 spiro atoms. The van der Waals surface area contributed by atoms with E-state index in [0.29, 0.717) is 6.04 Å². The van der Waals surface area contributed by atoms with Crippen LogP contribution in [0.25, 0.3) is 0 Å². The summed E-state index contributed by atoms with van der Waals surface area (Å²) in [7, 11) is 2.19. The molecule has 0 unspecified atom stereocenters. The van der Waals surface area contributed by atoms with Crippen LogP contribution in [0.2, 0.25) is 0 Å². The van der Waals surface area contributed by atoms with E-state index in [4.69, 9.17) is 0 Å². The van der Waals surface area contributed by atoms with Crippen molar-refractivity contribution in [3.8, 4) is 0 Å². The topological polar surface area (TPSA) is 24.3 Å². The van der Waals surface area contributed by atoms with Crippen molar-refractivity contribution < 1.29 is 0 Å². The van der Waals surface area contributed by atoms with Crippen LogP contribution in [0, 0.1) is 0 Å². The van der Waals surface area contributed by atoms with E-state index in [-0.39, 0.29) is 0 Å². The molecule has 1 aromatic heterocycles. The van der Waals surface area contributed by atoms with Gasteiger partial charge in [-0.15, -0.1) is 0 Å². The summed E-state index contributed by atoms with van der Waals surface area (Å²) in [5.74, 6) is 0. The maximum atomic E-state index is 4.46. The molecule has 1 atom stereocenters. The van der Waals surface area contributed by atoms with Gasteiger partial charge in [0.05, 0.1) is 11.7 Å². The Morgan fingerprint density at radius 2 is 2.19 bits per heavy atom. The van der Waals surface area contributed by atoms with Gasteiger partial charge in [-0.2, -0.15) is 5.10 Å². The first-order chi connectivity index (χ1) is 7.74. The van der Waals surface area contributed by atoms with Crippen LogP contribution in [0.3, 0.4) is 0 Å². The van der Waals surface area contributed by atoms with Gasteiger partial charge in [-0.1, -0.05) is 13.8 Å². The summed E-state index contributed by atoms with van der Waals surface area (Å²) in [6.07, 6.45) is 1.92. The highest BCUT2D eigenvalue weighted by Crippen LogP contribution is 2.19. The quantitative estimate of drug-likeness (QED) is 0.765. The van der Waals surface area contributed by atoms with Crippen molar-refractivity contribution in [2.45, 2.75) is 26.4 Å². The Labute approximate surface area is 97.8 Å². The van der Waals surface area contributed by atoms with Gasteiger partial charge in [0.2, 0.25) is 0 Å². The van der Waals surface area contributed by atoms with E-state index in [1.54, 1.807) is 0 Å². The second-order valence-corrected chi connectivity index (χ2v) is 4.60. The molecule has 0 bridgehead atoms. The summed E-state index contributed by atoms with van der Waals surface area (Å²) in [5, 5.41) is 4.46. The van der Waals surface area contributed by atoms with Gasteiger partial charge in [-0.3, -0.25) is 9.58 Å². The van der Waals surface area contributed by atoms with Gasteiger partial charge in [-0.05, 0) is 26.2 Å². The fourth-order valence-electron chi connectivity index (χ4n) is 2.49. The molecule has 4 nitrogen and oxygen atoms in total. The van der Waals surface area contributed by atoms with Crippen LogP contribution in [0.15, 0.2) is 12.3 Å². The third-order valence-corrected chi connectivity index (χ3v) is 3.42. The lowest BCUT2D eigenvalue weighted by Crippen LogP contribution is -2.41. The van der Waals surface area contributed by atoms with Gasteiger partial charge in [0.25, 0.3) is 0 Å². The van der Waals surface area contributed by atoms with Gasteiger partial charge < -0.3 is 4.90 Å². The Morgan fingerprint density at radius 3 is 2.88 bits per heavy atom. The Bertz CT molecular complexity index is 330. The molecule has 1 aliphatic heterocycles. The number of hydrogen-bond donors (Lipinski definition) is 0. The number of likely N-dealkylation sites (N-methyl/N-ethyl adjacent to an activating group) is 2. The number of fused-ring (bicyclic) bond motifs is 1. The molecule has 0 fully saturated rings. The van der Waals surface area contributed by atoms with Gasteiger partial charge >= 0.3 is 0 Å². The lowest BCUT2D eigenvalue weighted by Gasteiger charge is -2.34. The van der Waals surface area contributed by atoms with Crippen molar-refractivity contribution in [1.82, 2.24) is 19.6 Å². The van der Waals surface area contributed by atoms with Crippen LogP contribution in [-0.2, 0) is 6.54 Å². The molecule has 0 saturated carbocycles. The molecule has 0 amide bonds. The van der Waals surface area contributed by atoms with E-state index in [1.807, 2.05) is 6.20 Å². The van der Waals surface area contributed by atoms with Gasteiger partial charge in [0, 0.05) is 25.8 Å². The molecule has 1 aromatic rings. The second-order valence-electron chi connectivity index (χ2n) is 4.60. The number of nitrogens with zero attached hydrogens (tertiary/aromatic N) is 4. The van der Waals surface area contributed by atoms with Crippen LogP contribution in [0.5, 0.6) is 0 Å². The molecule has 0 aromatic carbocycles. The predicted octanol–water partition coefficient (Wildman–Crippen LogP) is 1.21. The van der Waals surface area contributed by atoms with Gasteiger partial charge in [0.1, 0.15) is 0 Å². The summed E-state index contributed by atoms with van der Waals surface area (Å²) in [4.78, 5) is 4.85. The number of aromatic nitrogens is 2. The Balaban J connectivity index is 2.11. The third kappa shape index (κ3) is 2.28. The minimum atomic E-state index is 0.503. The maximum absolute atomic E-state index is 4.46. The Morgan fingerprint density at radius 1 is 1.44 bits per heavy atom. The predicted molar refractivity (Wildman–Crippen MR) is 65.4 cm³/mol. The minimum Gasteiger partial charge on any atom is -0.302 e. The SMILES string of the molecule is CCN(CC)C[C@@H]1CN(C)Cc2ccnn21. The summed E-state index contributed by atoms with van der Waals surface area (Å²) < 4.78 is 2.21. The minimum absolute atomic E-state index is 0.503. The van der Waals surface area contributed by atoms with Crippen molar-refractivity contribution in [3.05, 3.63) is 18.0 Å². The fourth-order valence-corrected chi connectivity index (χ4v) is 2.49. The van der Waals surface area contributed by atoms with Crippen molar-refractivity contribution in [3.63, 3.8) is 0 Å². The van der Waals surface area contributed by atoms with Gasteiger partial charge in [0.15, 0.2) is 0 Å².